The molecule has 0 bridgehead atoms. The molecule has 2 rings (SSSR count). The molecule has 2 fully saturated rings. The first-order chi connectivity index (χ1) is 4.77. The zero-order chi connectivity index (χ0) is 7.14. The Morgan fingerprint density at radius 3 is 3.00 bits per heavy atom. The van der Waals surface area contributed by atoms with Gasteiger partial charge < -0.3 is 4.90 Å². The van der Waals surface area contributed by atoms with Crippen LogP contribution in [0.3, 0.4) is 0 Å². The lowest BCUT2D eigenvalue weighted by atomic mass is 10.0. The van der Waals surface area contributed by atoms with E-state index in [-0.39, 0.29) is 0 Å². The number of hydrogen-bond donors (Lipinski definition) is 0. The van der Waals surface area contributed by atoms with Gasteiger partial charge >= 0.3 is 0 Å². The van der Waals surface area contributed by atoms with E-state index in [4.69, 9.17) is 0 Å². The maximum atomic E-state index is 11.2. The number of fused-ring (bicyclic) bond motifs is 1. The lowest BCUT2D eigenvalue weighted by Crippen LogP contribution is -2.17. The van der Waals surface area contributed by atoms with Crippen LogP contribution >= 0.6 is 0 Å². The van der Waals surface area contributed by atoms with Crippen molar-refractivity contribution in [2.45, 2.75) is 12.8 Å². The Kier molecular flexibility index (Phi) is 1.31. The molecular formula is C8H13NO. The molecule has 0 aromatic carbocycles. The molecule has 1 heterocycles. The van der Waals surface area contributed by atoms with Gasteiger partial charge in [0.05, 0.1) is 0 Å². The Morgan fingerprint density at radius 1 is 1.50 bits per heavy atom. The highest BCUT2D eigenvalue weighted by atomic mass is 16.1. The van der Waals surface area contributed by atoms with Crippen LogP contribution in [0.15, 0.2) is 0 Å². The highest BCUT2D eigenvalue weighted by molar-refractivity contribution is 5.84. The van der Waals surface area contributed by atoms with E-state index in [2.05, 4.69) is 11.9 Å². The second-order valence-corrected chi connectivity index (χ2v) is 3.59. The average Bonchev–Trinajstić information content (AvgIpc) is 2.35. The summed E-state index contributed by atoms with van der Waals surface area (Å²) in [5, 5.41) is 0. The summed E-state index contributed by atoms with van der Waals surface area (Å²) in [7, 11) is 2.10. The molecule has 2 nitrogen and oxygen atoms in total. The summed E-state index contributed by atoms with van der Waals surface area (Å²) in [4.78, 5) is 13.4. The molecule has 1 saturated carbocycles. The maximum absolute atomic E-state index is 11.2. The normalized spacial score (nSPS) is 40.7. The Bertz CT molecular complexity index is 167. The van der Waals surface area contributed by atoms with Gasteiger partial charge in [0.2, 0.25) is 0 Å². The molecule has 0 aromatic rings. The topological polar surface area (TPSA) is 20.3 Å². The van der Waals surface area contributed by atoms with Crippen molar-refractivity contribution in [2.24, 2.45) is 11.8 Å². The van der Waals surface area contributed by atoms with Crippen LogP contribution in [0.4, 0.5) is 0 Å². The zero-order valence-corrected chi connectivity index (χ0v) is 6.34. The van der Waals surface area contributed by atoms with E-state index in [1.807, 2.05) is 0 Å². The zero-order valence-electron chi connectivity index (χ0n) is 6.34. The molecule has 0 unspecified atom stereocenters. The van der Waals surface area contributed by atoms with E-state index in [1.54, 1.807) is 0 Å². The molecule has 0 N–H and O–H groups in total. The number of carbonyl (C=O) groups excluding carboxylic acids is 1. The molecule has 1 saturated heterocycles. The molecule has 0 spiro atoms. The fraction of sp³-hybridized carbons (Fsp3) is 0.875. The van der Waals surface area contributed by atoms with Gasteiger partial charge in [0.25, 0.3) is 0 Å². The largest absolute Gasteiger partial charge is 0.305 e. The minimum Gasteiger partial charge on any atom is -0.305 e. The van der Waals surface area contributed by atoms with Gasteiger partial charge in [-0.25, -0.2) is 0 Å². The molecule has 1 aliphatic heterocycles. The second kappa shape index (κ2) is 2.06. The van der Waals surface area contributed by atoms with Gasteiger partial charge in [0.1, 0.15) is 5.78 Å². The summed E-state index contributed by atoms with van der Waals surface area (Å²) in [6.07, 6.45) is 2.00. The molecule has 0 radical (unpaired) electrons. The number of ketones is 1. The molecule has 0 amide bonds. The summed E-state index contributed by atoms with van der Waals surface area (Å²) < 4.78 is 0. The lowest BCUT2D eigenvalue weighted by molar-refractivity contribution is -0.120. The van der Waals surface area contributed by atoms with E-state index in [9.17, 15) is 4.79 Å². The number of rotatable bonds is 0. The van der Waals surface area contributed by atoms with E-state index in [1.165, 1.54) is 0 Å². The van der Waals surface area contributed by atoms with E-state index >= 15 is 0 Å². The summed E-state index contributed by atoms with van der Waals surface area (Å²) in [5.74, 6) is 1.62. The fourth-order valence-electron chi connectivity index (χ4n) is 2.26. The van der Waals surface area contributed by atoms with Crippen molar-refractivity contribution in [3.05, 3.63) is 0 Å². The smallest absolute Gasteiger partial charge is 0.137 e. The number of nitrogens with zero attached hydrogens (tertiary/aromatic N) is 1. The van der Waals surface area contributed by atoms with Crippen molar-refractivity contribution in [3.8, 4) is 0 Å². The first-order valence-corrected chi connectivity index (χ1v) is 3.98. The summed E-state index contributed by atoms with van der Waals surface area (Å²) >= 11 is 0. The van der Waals surface area contributed by atoms with Gasteiger partial charge in [-0.3, -0.25) is 4.79 Å². The minimum absolute atomic E-state index is 0.407. The van der Waals surface area contributed by atoms with E-state index < -0.39 is 0 Å². The van der Waals surface area contributed by atoms with Crippen molar-refractivity contribution in [3.63, 3.8) is 0 Å². The maximum Gasteiger partial charge on any atom is 0.137 e. The number of likely N-dealkylation sites (tertiary alicyclic amines) is 1. The van der Waals surface area contributed by atoms with Crippen LogP contribution < -0.4 is 0 Å². The Labute approximate surface area is 61.2 Å². The van der Waals surface area contributed by atoms with Gasteiger partial charge in [-0.15, -0.1) is 0 Å². The van der Waals surface area contributed by atoms with Crippen LogP contribution in [-0.2, 0) is 4.79 Å². The van der Waals surface area contributed by atoms with Crippen LogP contribution in [-0.4, -0.2) is 30.8 Å². The van der Waals surface area contributed by atoms with E-state index in [0.717, 1.165) is 25.9 Å². The van der Waals surface area contributed by atoms with Crippen LogP contribution in [0.2, 0.25) is 0 Å². The Morgan fingerprint density at radius 2 is 2.30 bits per heavy atom. The highest BCUT2D eigenvalue weighted by Gasteiger charge is 2.40. The van der Waals surface area contributed by atoms with Gasteiger partial charge in [-0.1, -0.05) is 0 Å². The van der Waals surface area contributed by atoms with Crippen molar-refractivity contribution in [1.29, 1.82) is 0 Å². The molecule has 10 heavy (non-hydrogen) atoms. The van der Waals surface area contributed by atoms with Gasteiger partial charge in [0, 0.05) is 25.4 Å². The fourth-order valence-corrected chi connectivity index (χ4v) is 2.26. The van der Waals surface area contributed by atoms with Gasteiger partial charge in [0.15, 0.2) is 0 Å². The minimum atomic E-state index is 0.407. The predicted octanol–water partition coefficient (Wildman–Crippen LogP) is 0.527. The highest BCUT2D eigenvalue weighted by Crippen LogP contribution is 2.34. The number of Topliss-reactive ketones (excluding diaryl/α,β-unsaturated/α-hetero) is 1. The summed E-state index contributed by atoms with van der Waals surface area (Å²) in [5.41, 5.74) is 0. The first-order valence-electron chi connectivity index (χ1n) is 3.98. The quantitative estimate of drug-likeness (QED) is 0.488. The van der Waals surface area contributed by atoms with Gasteiger partial charge in [-0.2, -0.15) is 0 Å². The SMILES string of the molecule is CN1C[C@H]2CCC(=O)[C@H]2C1. The Hall–Kier alpha value is -0.370. The second-order valence-electron chi connectivity index (χ2n) is 3.59. The summed E-state index contributed by atoms with van der Waals surface area (Å²) in [6.45, 7) is 2.17. The third kappa shape index (κ3) is 0.788. The molecule has 0 aromatic heterocycles. The standard InChI is InChI=1S/C8H13NO/c1-9-4-6-2-3-8(10)7(6)5-9/h6-7H,2-5H2,1H3/t6-,7+/m1/s1. The van der Waals surface area contributed by atoms with Crippen LogP contribution in [0.25, 0.3) is 0 Å². The third-order valence-corrected chi connectivity index (χ3v) is 2.80. The van der Waals surface area contributed by atoms with Crippen LogP contribution in [0.1, 0.15) is 12.8 Å². The van der Waals surface area contributed by atoms with Crippen molar-refractivity contribution in [1.82, 2.24) is 4.90 Å². The average molecular weight is 139 g/mol. The van der Waals surface area contributed by atoms with Gasteiger partial charge in [-0.05, 0) is 19.4 Å². The third-order valence-electron chi connectivity index (χ3n) is 2.80. The first kappa shape index (κ1) is 6.35. The predicted molar refractivity (Wildman–Crippen MR) is 38.7 cm³/mol. The van der Waals surface area contributed by atoms with Crippen molar-refractivity contribution >= 4 is 5.78 Å². The monoisotopic (exact) mass is 139 g/mol. The molecule has 1 aliphatic carbocycles. The molecule has 2 aliphatic rings. The Balaban J connectivity index is 2.12. The van der Waals surface area contributed by atoms with E-state index in [0.29, 0.717) is 17.6 Å². The number of carbonyl (C=O) groups is 1. The van der Waals surface area contributed by atoms with Crippen molar-refractivity contribution in [2.75, 3.05) is 20.1 Å². The molecule has 2 heteroatoms. The summed E-state index contributed by atoms with van der Waals surface area (Å²) in [6, 6.07) is 0. The molecular weight excluding hydrogens is 126 g/mol. The van der Waals surface area contributed by atoms with Crippen LogP contribution in [0, 0.1) is 11.8 Å². The molecule has 2 atom stereocenters. The van der Waals surface area contributed by atoms with Crippen LogP contribution in [0.5, 0.6) is 0 Å². The number of hydrogen-bond acceptors (Lipinski definition) is 2. The van der Waals surface area contributed by atoms with Crippen molar-refractivity contribution < 1.29 is 4.79 Å². The lowest BCUT2D eigenvalue weighted by Gasteiger charge is -2.06. The molecule has 56 valence electrons.